The highest BCUT2D eigenvalue weighted by molar-refractivity contribution is 5.93. The minimum absolute atomic E-state index is 0.153. The van der Waals surface area contributed by atoms with Crippen molar-refractivity contribution in [1.82, 2.24) is 10.2 Å². The number of hydrogen-bond donors (Lipinski definition) is 2. The minimum atomic E-state index is -0.153. The summed E-state index contributed by atoms with van der Waals surface area (Å²) in [5.41, 5.74) is 8.36. The molecule has 0 atom stereocenters. The molecule has 128 valence electrons. The second kappa shape index (κ2) is 8.10. The monoisotopic (exact) mass is 329 g/mol. The summed E-state index contributed by atoms with van der Waals surface area (Å²) in [6, 6.07) is 9.87. The molecule has 0 bridgehead atoms. The van der Waals surface area contributed by atoms with Crippen molar-refractivity contribution in [3.05, 3.63) is 59.0 Å². The summed E-state index contributed by atoms with van der Waals surface area (Å²) in [5, 5.41) is 2.95. The number of rotatable bonds is 6. The van der Waals surface area contributed by atoms with Gasteiger partial charge in [-0.2, -0.15) is 0 Å². The molecule has 3 rings (SSSR count). The molecule has 0 radical (unpaired) electrons. The van der Waals surface area contributed by atoms with Crippen LogP contribution in [0.5, 0.6) is 0 Å². The molecule has 1 aliphatic heterocycles. The summed E-state index contributed by atoms with van der Waals surface area (Å²) in [6.45, 7) is 5.09. The normalized spacial score (nSPS) is 15.4. The van der Waals surface area contributed by atoms with E-state index < -0.39 is 0 Å². The predicted molar refractivity (Wildman–Crippen MR) is 90.3 cm³/mol. The number of amides is 1. The van der Waals surface area contributed by atoms with E-state index >= 15 is 0 Å². The highest BCUT2D eigenvalue weighted by atomic mass is 16.5. The summed E-state index contributed by atoms with van der Waals surface area (Å²) in [6.07, 6.45) is 1.44. The maximum absolute atomic E-state index is 12.2. The number of benzene rings is 1. The molecule has 1 aromatic heterocycles. The maximum atomic E-state index is 12.2. The number of nitrogens with two attached hydrogens (primary N) is 1. The van der Waals surface area contributed by atoms with Gasteiger partial charge in [0.15, 0.2) is 0 Å². The Balaban J connectivity index is 1.61. The lowest BCUT2D eigenvalue weighted by Crippen LogP contribution is -2.36. The largest absolute Gasteiger partial charge is 0.467 e. The Hall–Kier alpha value is -2.15. The lowest BCUT2D eigenvalue weighted by molar-refractivity contribution is 0.0340. The smallest absolute Gasteiger partial charge is 0.254 e. The molecular weight excluding hydrogens is 306 g/mol. The molecule has 1 amide bonds. The van der Waals surface area contributed by atoms with Crippen LogP contribution < -0.4 is 11.1 Å². The number of nitrogens with zero attached hydrogens (tertiary/aromatic N) is 1. The van der Waals surface area contributed by atoms with E-state index in [9.17, 15) is 4.79 Å². The second-order valence-corrected chi connectivity index (χ2v) is 5.85. The third kappa shape index (κ3) is 4.23. The van der Waals surface area contributed by atoms with Gasteiger partial charge in [0.25, 0.3) is 5.91 Å². The second-order valence-electron chi connectivity index (χ2n) is 5.85. The van der Waals surface area contributed by atoms with Crippen LogP contribution in [0.15, 0.2) is 41.0 Å². The van der Waals surface area contributed by atoms with E-state index in [1.807, 2.05) is 12.1 Å². The molecule has 0 spiro atoms. The van der Waals surface area contributed by atoms with Crippen LogP contribution in [-0.2, 0) is 24.4 Å². The van der Waals surface area contributed by atoms with Gasteiger partial charge in [-0.15, -0.1) is 0 Å². The molecule has 1 aromatic carbocycles. The minimum Gasteiger partial charge on any atom is -0.467 e. The van der Waals surface area contributed by atoms with E-state index in [4.69, 9.17) is 14.9 Å². The maximum Gasteiger partial charge on any atom is 0.254 e. The predicted octanol–water partition coefficient (Wildman–Crippen LogP) is 1.50. The average molecular weight is 329 g/mol. The zero-order valence-corrected chi connectivity index (χ0v) is 13.7. The van der Waals surface area contributed by atoms with Crippen molar-refractivity contribution in [2.45, 2.75) is 19.6 Å². The molecule has 1 saturated heterocycles. The van der Waals surface area contributed by atoms with Crippen LogP contribution in [0.25, 0.3) is 0 Å². The van der Waals surface area contributed by atoms with Crippen LogP contribution in [0.1, 0.15) is 27.2 Å². The van der Waals surface area contributed by atoms with Crippen molar-refractivity contribution < 1.29 is 13.9 Å². The Morgan fingerprint density at radius 3 is 2.67 bits per heavy atom. The number of hydrogen-bond acceptors (Lipinski definition) is 5. The molecule has 3 N–H and O–H groups in total. The number of ether oxygens (including phenoxy) is 1. The summed E-state index contributed by atoms with van der Waals surface area (Å²) < 4.78 is 10.6. The summed E-state index contributed by atoms with van der Waals surface area (Å²) in [5.74, 6) is 0.451. The zero-order valence-electron chi connectivity index (χ0n) is 13.7. The molecule has 6 heteroatoms. The summed E-state index contributed by atoms with van der Waals surface area (Å²) in [7, 11) is 0. The number of furan rings is 1. The van der Waals surface area contributed by atoms with Crippen molar-refractivity contribution in [2.75, 3.05) is 26.3 Å². The van der Waals surface area contributed by atoms with E-state index in [1.165, 1.54) is 11.8 Å². The highest BCUT2D eigenvalue weighted by Crippen LogP contribution is 2.14. The van der Waals surface area contributed by atoms with Crippen molar-refractivity contribution in [2.24, 2.45) is 5.73 Å². The first kappa shape index (κ1) is 16.7. The molecule has 1 fully saturated rings. The van der Waals surface area contributed by atoms with Crippen LogP contribution in [0.4, 0.5) is 0 Å². The SMILES string of the molecule is NCc1cc(C(=O)NCc2ccccc2CN2CCOCC2)co1. The van der Waals surface area contributed by atoms with E-state index in [2.05, 4.69) is 22.3 Å². The quantitative estimate of drug-likeness (QED) is 0.839. The van der Waals surface area contributed by atoms with Gasteiger partial charge in [-0.1, -0.05) is 24.3 Å². The van der Waals surface area contributed by atoms with E-state index in [1.54, 1.807) is 6.07 Å². The topological polar surface area (TPSA) is 80.7 Å². The summed E-state index contributed by atoms with van der Waals surface area (Å²) >= 11 is 0. The molecule has 6 nitrogen and oxygen atoms in total. The molecule has 1 aliphatic rings. The number of carbonyl (C=O) groups is 1. The Kier molecular flexibility index (Phi) is 5.63. The van der Waals surface area contributed by atoms with Gasteiger partial charge < -0.3 is 20.2 Å². The van der Waals surface area contributed by atoms with Crippen molar-refractivity contribution in [1.29, 1.82) is 0 Å². The molecule has 0 aliphatic carbocycles. The Bertz CT molecular complexity index is 678. The lowest BCUT2D eigenvalue weighted by Gasteiger charge is -2.27. The van der Waals surface area contributed by atoms with Crippen LogP contribution in [0.3, 0.4) is 0 Å². The first-order valence-corrected chi connectivity index (χ1v) is 8.19. The van der Waals surface area contributed by atoms with Gasteiger partial charge >= 0.3 is 0 Å². The van der Waals surface area contributed by atoms with Crippen LogP contribution >= 0.6 is 0 Å². The third-order valence-electron chi connectivity index (χ3n) is 4.17. The number of carbonyl (C=O) groups excluding carboxylic acids is 1. The lowest BCUT2D eigenvalue weighted by atomic mass is 10.1. The fourth-order valence-corrected chi connectivity index (χ4v) is 2.77. The Morgan fingerprint density at radius 2 is 1.96 bits per heavy atom. The molecule has 0 saturated carbocycles. The van der Waals surface area contributed by atoms with Gasteiger partial charge in [-0.25, -0.2) is 0 Å². The van der Waals surface area contributed by atoms with Gasteiger partial charge in [-0.3, -0.25) is 9.69 Å². The molecule has 2 aromatic rings. The van der Waals surface area contributed by atoms with Gasteiger partial charge in [0, 0.05) is 26.2 Å². The molecule has 0 unspecified atom stereocenters. The zero-order chi connectivity index (χ0) is 16.8. The Morgan fingerprint density at radius 1 is 1.21 bits per heavy atom. The fourth-order valence-electron chi connectivity index (χ4n) is 2.77. The van der Waals surface area contributed by atoms with Crippen LogP contribution in [-0.4, -0.2) is 37.1 Å². The fraction of sp³-hybridized carbons (Fsp3) is 0.389. The number of morpholine rings is 1. The number of nitrogens with one attached hydrogen (secondary N) is 1. The highest BCUT2D eigenvalue weighted by Gasteiger charge is 2.14. The first-order chi connectivity index (χ1) is 11.8. The van der Waals surface area contributed by atoms with E-state index in [-0.39, 0.29) is 12.5 Å². The standard InChI is InChI=1S/C18H23N3O3/c19-10-17-9-16(13-24-17)18(22)20-11-14-3-1-2-4-15(14)12-21-5-7-23-8-6-21/h1-4,9,13H,5-8,10-12,19H2,(H,20,22). The van der Waals surface area contributed by atoms with Crippen molar-refractivity contribution >= 4 is 5.91 Å². The third-order valence-corrected chi connectivity index (χ3v) is 4.17. The average Bonchev–Trinajstić information content (AvgIpc) is 3.11. The van der Waals surface area contributed by atoms with Gasteiger partial charge in [-0.05, 0) is 17.2 Å². The molecular formula is C18H23N3O3. The van der Waals surface area contributed by atoms with Gasteiger partial charge in [0.1, 0.15) is 12.0 Å². The van der Waals surface area contributed by atoms with Gasteiger partial charge in [0.2, 0.25) is 0 Å². The van der Waals surface area contributed by atoms with Crippen molar-refractivity contribution in [3.8, 4) is 0 Å². The van der Waals surface area contributed by atoms with Gasteiger partial charge in [0.05, 0.1) is 25.3 Å². The van der Waals surface area contributed by atoms with Crippen LogP contribution in [0, 0.1) is 0 Å². The van der Waals surface area contributed by atoms with Crippen molar-refractivity contribution in [3.63, 3.8) is 0 Å². The molecule has 24 heavy (non-hydrogen) atoms. The molecule has 2 heterocycles. The van der Waals surface area contributed by atoms with E-state index in [0.29, 0.717) is 17.9 Å². The summed E-state index contributed by atoms with van der Waals surface area (Å²) in [4.78, 5) is 14.6. The van der Waals surface area contributed by atoms with E-state index in [0.717, 1.165) is 38.4 Å². The Labute approximate surface area is 141 Å². The first-order valence-electron chi connectivity index (χ1n) is 8.19. The van der Waals surface area contributed by atoms with Crippen LogP contribution in [0.2, 0.25) is 0 Å².